The lowest BCUT2D eigenvalue weighted by atomic mass is 10.2. The predicted molar refractivity (Wildman–Crippen MR) is 51.5 cm³/mol. The van der Waals surface area contributed by atoms with Crippen molar-refractivity contribution >= 4 is 16.5 Å². The van der Waals surface area contributed by atoms with Gasteiger partial charge in [-0.2, -0.15) is 10.6 Å². The third-order valence-electron chi connectivity index (χ3n) is 1.11. The van der Waals surface area contributed by atoms with Crippen LogP contribution in [0.3, 0.4) is 0 Å². The van der Waals surface area contributed by atoms with E-state index in [-0.39, 0.29) is 11.7 Å². The molecule has 0 aromatic rings. The van der Waals surface area contributed by atoms with Crippen LogP contribution in [0.5, 0.6) is 0 Å². The largest absolute Gasteiger partial charge is 0.354 e. The van der Waals surface area contributed by atoms with Crippen LogP contribution in [0.15, 0.2) is 0 Å². The van der Waals surface area contributed by atoms with Gasteiger partial charge >= 0.3 is 0 Å². The van der Waals surface area contributed by atoms with Gasteiger partial charge in [-0.25, -0.2) is 0 Å². The molecule has 0 aromatic carbocycles. The zero-order valence-electron chi connectivity index (χ0n) is 7.70. The van der Waals surface area contributed by atoms with Crippen molar-refractivity contribution < 1.29 is 13.9 Å². The quantitative estimate of drug-likeness (QED) is 0.630. The fourth-order valence-corrected chi connectivity index (χ4v) is 1.22. The highest BCUT2D eigenvalue weighted by atomic mass is 32.3. The molecule has 1 amide bonds. The zero-order chi connectivity index (χ0) is 9.78. The molecule has 0 aliphatic carbocycles. The second-order valence-corrected chi connectivity index (χ2v) is 5.61. The van der Waals surface area contributed by atoms with Crippen LogP contribution in [0, 0.1) is 5.92 Å². The summed E-state index contributed by atoms with van der Waals surface area (Å²) in [6.45, 7) is 4.53. The second-order valence-electron chi connectivity index (χ2n) is 3.34. The van der Waals surface area contributed by atoms with E-state index in [2.05, 4.69) is 5.32 Å². The third-order valence-corrected chi connectivity index (χ3v) is 1.92. The van der Waals surface area contributed by atoms with Crippen LogP contribution < -0.4 is 5.32 Å². The fourth-order valence-electron chi connectivity index (χ4n) is 0.617. The molecule has 0 unspecified atom stereocenters. The molecule has 0 aromatic heterocycles. The highest BCUT2D eigenvalue weighted by Crippen LogP contribution is 2.31. The van der Waals surface area contributed by atoms with Crippen molar-refractivity contribution in [1.29, 1.82) is 0 Å². The van der Waals surface area contributed by atoms with E-state index >= 15 is 0 Å². The first-order chi connectivity index (χ1) is 5.31. The van der Waals surface area contributed by atoms with Gasteiger partial charge in [0, 0.05) is 12.8 Å². The molecular formula is C7H17NO3S. The minimum absolute atomic E-state index is 0.195. The van der Waals surface area contributed by atoms with Crippen LogP contribution in [0.2, 0.25) is 0 Å². The van der Waals surface area contributed by atoms with Crippen molar-refractivity contribution in [3.05, 3.63) is 0 Å². The third kappa shape index (κ3) is 7.84. The van der Waals surface area contributed by atoms with Gasteiger partial charge in [-0.3, -0.25) is 13.9 Å². The molecule has 3 N–H and O–H groups in total. The number of hydrogen-bond acceptors (Lipinski definition) is 3. The van der Waals surface area contributed by atoms with Gasteiger partial charge in [0.1, 0.15) is 5.75 Å². The molecule has 0 radical (unpaired) electrons. The number of amides is 1. The fraction of sp³-hybridized carbons (Fsp3) is 0.857. The Kier molecular flexibility index (Phi) is 4.59. The average molecular weight is 195 g/mol. The van der Waals surface area contributed by atoms with Crippen LogP contribution in [-0.4, -0.2) is 33.6 Å². The van der Waals surface area contributed by atoms with Crippen molar-refractivity contribution in [1.82, 2.24) is 5.32 Å². The Labute approximate surface area is 74.7 Å². The van der Waals surface area contributed by atoms with Gasteiger partial charge in [0.25, 0.3) is 0 Å². The van der Waals surface area contributed by atoms with Crippen LogP contribution in [-0.2, 0) is 4.79 Å². The molecule has 5 heteroatoms. The van der Waals surface area contributed by atoms with Crippen LogP contribution in [0.4, 0.5) is 0 Å². The molecular weight excluding hydrogens is 178 g/mol. The van der Waals surface area contributed by atoms with E-state index in [1.807, 2.05) is 13.8 Å². The number of carbonyl (C=O) groups is 1. The molecule has 0 aliphatic heterocycles. The molecule has 0 bridgehead atoms. The summed E-state index contributed by atoms with van der Waals surface area (Å²) in [7, 11) is -2.68. The van der Waals surface area contributed by atoms with Gasteiger partial charge in [0.2, 0.25) is 5.91 Å². The highest BCUT2D eigenvalue weighted by molar-refractivity contribution is 8.24. The molecule has 74 valence electrons. The Morgan fingerprint density at radius 3 is 2.33 bits per heavy atom. The molecule has 0 atom stereocenters. The van der Waals surface area contributed by atoms with Gasteiger partial charge in [-0.15, -0.1) is 0 Å². The number of rotatable bonds is 4. The van der Waals surface area contributed by atoms with Gasteiger partial charge < -0.3 is 5.32 Å². The van der Waals surface area contributed by atoms with Gasteiger partial charge in [-0.05, 0) is 5.92 Å². The molecule has 12 heavy (non-hydrogen) atoms. The Morgan fingerprint density at radius 2 is 2.00 bits per heavy atom. The summed E-state index contributed by atoms with van der Waals surface area (Å²) < 4.78 is 17.9. The van der Waals surface area contributed by atoms with E-state index in [9.17, 15) is 4.79 Å². The van der Waals surface area contributed by atoms with Gasteiger partial charge in [0.15, 0.2) is 0 Å². The Balaban J connectivity index is 3.61. The van der Waals surface area contributed by atoms with Gasteiger partial charge in [0.05, 0.1) is 0 Å². The van der Waals surface area contributed by atoms with Gasteiger partial charge in [-0.1, -0.05) is 13.8 Å². The van der Waals surface area contributed by atoms with E-state index in [1.54, 1.807) is 0 Å². The number of hydrogen-bond donors (Lipinski definition) is 3. The summed E-state index contributed by atoms with van der Waals surface area (Å²) in [4.78, 5) is 11.0. The summed E-state index contributed by atoms with van der Waals surface area (Å²) in [5.41, 5.74) is 0. The summed E-state index contributed by atoms with van der Waals surface area (Å²) in [5, 5.41) is 2.60. The van der Waals surface area contributed by atoms with Crippen molar-refractivity contribution in [2.75, 3.05) is 18.6 Å². The number of nitrogens with one attached hydrogen (secondary N) is 1. The first-order valence-corrected chi connectivity index (χ1v) is 5.91. The van der Waals surface area contributed by atoms with Crippen molar-refractivity contribution in [3.8, 4) is 0 Å². The molecule has 4 nitrogen and oxygen atoms in total. The normalized spacial score (nSPS) is 13.2. The van der Waals surface area contributed by atoms with E-state index in [1.165, 1.54) is 6.26 Å². The first kappa shape index (κ1) is 11.7. The standard InChI is InChI=1S/C7H17NO3S/c1-6(2)4-8-7(9)5-12(3,10)11/h6,10-11H,4-5H2,1-3H3,(H,8,9). The van der Waals surface area contributed by atoms with E-state index in [0.717, 1.165) is 0 Å². The average Bonchev–Trinajstić information content (AvgIpc) is 1.79. The monoisotopic (exact) mass is 195 g/mol. The van der Waals surface area contributed by atoms with Crippen molar-refractivity contribution in [2.24, 2.45) is 5.92 Å². The molecule has 0 saturated heterocycles. The van der Waals surface area contributed by atoms with Crippen molar-refractivity contribution in [3.63, 3.8) is 0 Å². The summed E-state index contributed by atoms with van der Waals surface area (Å²) in [5.74, 6) is -0.113. The van der Waals surface area contributed by atoms with Crippen LogP contribution in [0.1, 0.15) is 13.8 Å². The lowest BCUT2D eigenvalue weighted by Gasteiger charge is -2.25. The SMILES string of the molecule is CC(C)CNC(=O)CS(C)(O)O. The maximum atomic E-state index is 11.0. The Hall–Kier alpha value is -0.260. The minimum Gasteiger partial charge on any atom is -0.354 e. The molecule has 0 rings (SSSR count). The first-order valence-electron chi connectivity index (χ1n) is 3.79. The molecule has 0 heterocycles. The molecule has 0 saturated carbocycles. The minimum atomic E-state index is -2.68. The molecule has 0 aliphatic rings. The summed E-state index contributed by atoms with van der Waals surface area (Å²) in [6.07, 6.45) is 1.27. The second kappa shape index (κ2) is 4.69. The van der Waals surface area contributed by atoms with Crippen LogP contribution >= 0.6 is 10.6 Å². The van der Waals surface area contributed by atoms with Crippen molar-refractivity contribution in [2.45, 2.75) is 13.8 Å². The number of carbonyl (C=O) groups excluding carboxylic acids is 1. The lowest BCUT2D eigenvalue weighted by Crippen LogP contribution is -2.31. The smallest absolute Gasteiger partial charge is 0.239 e. The summed E-state index contributed by atoms with van der Waals surface area (Å²) >= 11 is 0. The molecule has 0 fully saturated rings. The van der Waals surface area contributed by atoms with Crippen LogP contribution in [0.25, 0.3) is 0 Å². The predicted octanol–water partition coefficient (Wildman–Crippen LogP) is 1.14. The lowest BCUT2D eigenvalue weighted by molar-refractivity contribution is -0.118. The highest BCUT2D eigenvalue weighted by Gasteiger charge is 2.11. The van der Waals surface area contributed by atoms with E-state index < -0.39 is 10.6 Å². The Bertz CT molecular complexity index is 153. The van der Waals surface area contributed by atoms with E-state index in [4.69, 9.17) is 9.11 Å². The zero-order valence-corrected chi connectivity index (χ0v) is 8.52. The maximum Gasteiger partial charge on any atom is 0.239 e. The Morgan fingerprint density at radius 1 is 1.50 bits per heavy atom. The maximum absolute atomic E-state index is 11.0. The summed E-state index contributed by atoms with van der Waals surface area (Å²) in [6, 6.07) is 0. The van der Waals surface area contributed by atoms with E-state index in [0.29, 0.717) is 12.5 Å². The topological polar surface area (TPSA) is 69.6 Å². The molecule has 0 spiro atoms.